The zero-order valence-corrected chi connectivity index (χ0v) is 19.5. The lowest BCUT2D eigenvalue weighted by Crippen LogP contribution is -2.62. The lowest BCUT2D eigenvalue weighted by atomic mass is 9.98. The predicted molar refractivity (Wildman–Crippen MR) is 125 cm³/mol. The Balaban J connectivity index is 1.33. The summed E-state index contributed by atoms with van der Waals surface area (Å²) in [5.74, 6) is -0.618. The van der Waals surface area contributed by atoms with Crippen LogP contribution in [0.15, 0.2) is 42.5 Å². The van der Waals surface area contributed by atoms with Crippen molar-refractivity contribution in [2.75, 3.05) is 18.1 Å². The van der Waals surface area contributed by atoms with Crippen LogP contribution in [0.25, 0.3) is 0 Å². The fraction of sp³-hybridized carbons (Fsp3) is 0.360. The van der Waals surface area contributed by atoms with E-state index in [0.29, 0.717) is 29.8 Å². The third-order valence-corrected chi connectivity index (χ3v) is 6.35. The molecule has 2 heterocycles. The van der Waals surface area contributed by atoms with Gasteiger partial charge in [-0.25, -0.2) is 0 Å². The number of benzene rings is 2. The van der Waals surface area contributed by atoms with E-state index in [4.69, 9.17) is 4.74 Å². The number of rotatable bonds is 6. The number of carbonyl (C=O) groups is 4. The van der Waals surface area contributed by atoms with Crippen LogP contribution in [0.3, 0.4) is 0 Å². The minimum absolute atomic E-state index is 0.0380. The Hall–Kier alpha value is -3.88. The van der Waals surface area contributed by atoms with Crippen molar-refractivity contribution >= 4 is 29.3 Å². The van der Waals surface area contributed by atoms with Crippen LogP contribution in [0.4, 0.5) is 5.69 Å². The molecule has 4 rings (SSSR count). The highest BCUT2D eigenvalue weighted by molar-refractivity contribution is 6.10. The van der Waals surface area contributed by atoms with Crippen molar-refractivity contribution in [3.8, 4) is 5.75 Å². The summed E-state index contributed by atoms with van der Waals surface area (Å²) in [6.07, 6.45) is 0.779. The molecule has 1 atom stereocenters. The summed E-state index contributed by atoms with van der Waals surface area (Å²) in [5.41, 5.74) is 6.83. The molecule has 9 nitrogen and oxygen atoms in total. The van der Waals surface area contributed by atoms with Crippen LogP contribution in [0.1, 0.15) is 47.7 Å². The van der Waals surface area contributed by atoms with Crippen molar-refractivity contribution < 1.29 is 23.9 Å². The number of aryl methyl sites for hydroxylation is 2. The molecule has 2 aliphatic rings. The van der Waals surface area contributed by atoms with Crippen molar-refractivity contribution in [3.05, 3.63) is 59.2 Å². The van der Waals surface area contributed by atoms with Gasteiger partial charge in [0.05, 0.1) is 11.3 Å². The summed E-state index contributed by atoms with van der Waals surface area (Å²) in [7, 11) is 0. The summed E-state index contributed by atoms with van der Waals surface area (Å²) in [5, 5.41) is 0. The molecule has 34 heavy (non-hydrogen) atoms. The quantitative estimate of drug-likeness (QED) is 0.638. The summed E-state index contributed by atoms with van der Waals surface area (Å²) >= 11 is 0. The van der Waals surface area contributed by atoms with Crippen LogP contribution in [0, 0.1) is 13.8 Å². The van der Waals surface area contributed by atoms with Gasteiger partial charge in [-0.2, -0.15) is 0 Å². The number of amides is 4. The van der Waals surface area contributed by atoms with Crippen LogP contribution < -0.4 is 20.5 Å². The zero-order chi connectivity index (χ0) is 24.5. The first-order valence-electron chi connectivity index (χ1n) is 11.2. The molecule has 4 amide bonds. The highest BCUT2D eigenvalue weighted by atomic mass is 16.5. The molecule has 9 heteroatoms. The summed E-state index contributed by atoms with van der Waals surface area (Å²) in [4.78, 5) is 53.5. The molecule has 2 aliphatic heterocycles. The van der Waals surface area contributed by atoms with Crippen LogP contribution >= 0.6 is 0 Å². The number of ether oxygens (including phenoxy) is 1. The topological polar surface area (TPSA) is 108 Å². The number of nitrogens with zero attached hydrogens (tertiary/aromatic N) is 2. The Labute approximate surface area is 198 Å². The van der Waals surface area contributed by atoms with E-state index < -0.39 is 17.5 Å². The highest BCUT2D eigenvalue weighted by Crippen LogP contribution is 2.43. The first kappa shape index (κ1) is 23.3. The van der Waals surface area contributed by atoms with E-state index in [2.05, 4.69) is 10.9 Å². The minimum Gasteiger partial charge on any atom is -0.483 e. The molecule has 0 spiro atoms. The second-order valence-electron chi connectivity index (χ2n) is 8.82. The van der Waals surface area contributed by atoms with Gasteiger partial charge in [-0.1, -0.05) is 24.3 Å². The predicted octanol–water partition coefficient (Wildman–Crippen LogP) is 2.22. The first-order chi connectivity index (χ1) is 16.2. The molecule has 178 valence electrons. The molecular formula is C25H28N4O5. The van der Waals surface area contributed by atoms with Gasteiger partial charge >= 0.3 is 0 Å². The smallest absolute Gasteiger partial charge is 0.276 e. The average molecular weight is 465 g/mol. The van der Waals surface area contributed by atoms with Gasteiger partial charge in [0.15, 0.2) is 6.61 Å². The van der Waals surface area contributed by atoms with Gasteiger partial charge in [-0.15, -0.1) is 0 Å². The minimum atomic E-state index is -0.828. The lowest BCUT2D eigenvalue weighted by Gasteiger charge is -2.48. The molecule has 0 radical (unpaired) electrons. The third-order valence-electron chi connectivity index (χ3n) is 6.35. The number of anilines is 1. The number of nitrogens with one attached hydrogen (secondary N) is 2. The Kier molecular flexibility index (Phi) is 6.28. The molecular weight excluding hydrogens is 436 g/mol. The Morgan fingerprint density at radius 2 is 1.79 bits per heavy atom. The molecule has 0 aliphatic carbocycles. The maximum Gasteiger partial charge on any atom is 0.276 e. The Morgan fingerprint density at radius 3 is 2.59 bits per heavy atom. The second-order valence-corrected chi connectivity index (χ2v) is 8.82. The summed E-state index contributed by atoms with van der Waals surface area (Å²) in [6, 6.07) is 12.7. The highest BCUT2D eigenvalue weighted by Gasteiger charge is 2.52. The molecule has 2 aromatic rings. The Morgan fingerprint density at radius 1 is 1.06 bits per heavy atom. The SMILES string of the molecule is Cc1ccc(C)c(OCC(=O)NNC(=O)CCN2C(=O)c3ccccc3N3C(=O)CCC23C)c1. The van der Waals surface area contributed by atoms with Gasteiger partial charge < -0.3 is 9.64 Å². The van der Waals surface area contributed by atoms with Crippen molar-refractivity contribution in [2.45, 2.75) is 45.7 Å². The molecule has 1 fully saturated rings. The van der Waals surface area contributed by atoms with Crippen molar-refractivity contribution in [2.24, 2.45) is 0 Å². The number of hydrogen-bond donors (Lipinski definition) is 2. The molecule has 0 saturated carbocycles. The molecule has 1 saturated heterocycles. The standard InChI is InChI=1S/C25H28N4O5/c1-16-8-9-17(2)20(14-16)34-15-22(31)27-26-21(30)11-13-28-24(33)18-6-4-5-7-19(18)29-23(32)10-12-25(28,29)3/h4-9,14H,10-13,15H2,1-3H3,(H,26,30)(H,27,31). The number of fused-ring (bicyclic) bond motifs is 3. The zero-order valence-electron chi connectivity index (χ0n) is 19.5. The van der Waals surface area contributed by atoms with Gasteiger partial charge in [0.1, 0.15) is 11.4 Å². The molecule has 2 aromatic carbocycles. The average Bonchev–Trinajstić information content (AvgIpc) is 3.13. The van der Waals surface area contributed by atoms with E-state index >= 15 is 0 Å². The normalized spacial score (nSPS) is 18.9. The van der Waals surface area contributed by atoms with Crippen LogP contribution in [0.2, 0.25) is 0 Å². The van der Waals surface area contributed by atoms with E-state index in [1.807, 2.05) is 39.0 Å². The van der Waals surface area contributed by atoms with Crippen molar-refractivity contribution in [3.63, 3.8) is 0 Å². The van der Waals surface area contributed by atoms with Crippen molar-refractivity contribution in [1.82, 2.24) is 15.8 Å². The second kappa shape index (κ2) is 9.17. The van der Waals surface area contributed by atoms with E-state index in [1.165, 1.54) is 0 Å². The van der Waals surface area contributed by atoms with E-state index in [1.54, 1.807) is 34.1 Å². The van der Waals surface area contributed by atoms with Gasteiger partial charge in [0.2, 0.25) is 11.8 Å². The molecule has 0 bridgehead atoms. The number of para-hydroxylation sites is 1. The van der Waals surface area contributed by atoms with Gasteiger partial charge in [-0.3, -0.25) is 34.9 Å². The van der Waals surface area contributed by atoms with Crippen LogP contribution in [-0.4, -0.2) is 47.3 Å². The fourth-order valence-corrected chi connectivity index (χ4v) is 4.50. The molecule has 2 N–H and O–H groups in total. The number of hydrogen-bond acceptors (Lipinski definition) is 5. The van der Waals surface area contributed by atoms with E-state index in [-0.39, 0.29) is 31.4 Å². The van der Waals surface area contributed by atoms with Crippen molar-refractivity contribution in [1.29, 1.82) is 0 Å². The summed E-state index contributed by atoms with van der Waals surface area (Å²) < 4.78 is 5.53. The van der Waals surface area contributed by atoms with Crippen LogP contribution in [0.5, 0.6) is 5.75 Å². The molecule has 0 aromatic heterocycles. The Bertz CT molecular complexity index is 1160. The van der Waals surface area contributed by atoms with E-state index in [0.717, 1.165) is 11.1 Å². The van der Waals surface area contributed by atoms with Crippen LogP contribution in [-0.2, 0) is 14.4 Å². The number of carbonyl (C=O) groups excluding carboxylic acids is 4. The molecule has 1 unspecified atom stereocenters. The lowest BCUT2D eigenvalue weighted by molar-refractivity contribution is -0.130. The van der Waals surface area contributed by atoms with Gasteiger partial charge in [-0.05, 0) is 56.5 Å². The monoisotopic (exact) mass is 464 g/mol. The first-order valence-corrected chi connectivity index (χ1v) is 11.2. The fourth-order valence-electron chi connectivity index (χ4n) is 4.50. The maximum atomic E-state index is 13.2. The summed E-state index contributed by atoms with van der Waals surface area (Å²) in [6.45, 7) is 5.51. The largest absolute Gasteiger partial charge is 0.483 e. The number of hydrazine groups is 1. The maximum absolute atomic E-state index is 13.2. The van der Waals surface area contributed by atoms with Gasteiger partial charge in [0, 0.05) is 19.4 Å². The van der Waals surface area contributed by atoms with Gasteiger partial charge in [0.25, 0.3) is 11.8 Å². The van der Waals surface area contributed by atoms with E-state index in [9.17, 15) is 19.2 Å². The third kappa shape index (κ3) is 4.33.